The molecule has 19 heavy (non-hydrogen) atoms. The third-order valence-corrected chi connectivity index (χ3v) is 2.86. The second kappa shape index (κ2) is 4.75. The van der Waals surface area contributed by atoms with E-state index in [1.54, 1.807) is 0 Å². The van der Waals surface area contributed by atoms with Crippen LogP contribution in [0.2, 0.25) is 0 Å². The molecule has 0 aliphatic carbocycles. The Balaban J connectivity index is 2.34. The maximum absolute atomic E-state index is 11.9. The first-order chi connectivity index (χ1) is 8.90. The lowest BCUT2D eigenvalue weighted by Gasteiger charge is -2.12. The SMILES string of the molecule is Cc1ccc(C(C)Nc2nn(C)c(=O)n(C)c2=O)o1. The molecular weight excluding hydrogens is 248 g/mol. The second-order valence-electron chi connectivity index (χ2n) is 4.43. The van der Waals surface area contributed by atoms with Gasteiger partial charge in [0, 0.05) is 14.1 Å². The van der Waals surface area contributed by atoms with Gasteiger partial charge < -0.3 is 9.73 Å². The minimum atomic E-state index is -0.461. The normalized spacial score (nSPS) is 12.4. The fourth-order valence-corrected chi connectivity index (χ4v) is 1.75. The lowest BCUT2D eigenvalue weighted by Crippen LogP contribution is -2.40. The van der Waals surface area contributed by atoms with Crippen LogP contribution in [0.3, 0.4) is 0 Å². The molecule has 1 N–H and O–H groups in total. The van der Waals surface area contributed by atoms with Crippen LogP contribution in [0.15, 0.2) is 26.1 Å². The quantitative estimate of drug-likeness (QED) is 0.875. The molecule has 0 aliphatic heterocycles. The fourth-order valence-electron chi connectivity index (χ4n) is 1.75. The molecular formula is C12H16N4O3. The van der Waals surface area contributed by atoms with Crippen LogP contribution in [0.1, 0.15) is 24.5 Å². The number of hydrogen-bond donors (Lipinski definition) is 1. The Kier molecular flexibility index (Phi) is 3.28. The summed E-state index contributed by atoms with van der Waals surface area (Å²) >= 11 is 0. The maximum Gasteiger partial charge on any atom is 0.346 e. The topological polar surface area (TPSA) is 82.1 Å². The molecule has 1 atom stereocenters. The molecule has 7 nitrogen and oxygen atoms in total. The van der Waals surface area contributed by atoms with Crippen LogP contribution in [0, 0.1) is 6.92 Å². The molecule has 0 aliphatic rings. The molecule has 7 heteroatoms. The van der Waals surface area contributed by atoms with Crippen molar-refractivity contribution in [2.45, 2.75) is 19.9 Å². The van der Waals surface area contributed by atoms with Crippen LogP contribution < -0.4 is 16.6 Å². The standard InChI is InChI=1S/C12H16N4O3/c1-7-5-6-9(19-7)8(2)13-10-11(17)15(3)12(18)16(4)14-10/h5-6,8H,1-4H3,(H,13,14). The van der Waals surface area contributed by atoms with Gasteiger partial charge in [0.2, 0.25) is 5.82 Å². The van der Waals surface area contributed by atoms with Crippen molar-refractivity contribution in [3.05, 3.63) is 44.5 Å². The molecule has 2 aromatic heterocycles. The molecule has 0 bridgehead atoms. The second-order valence-corrected chi connectivity index (χ2v) is 4.43. The first-order valence-electron chi connectivity index (χ1n) is 5.87. The minimum Gasteiger partial charge on any atom is -0.464 e. The van der Waals surface area contributed by atoms with Gasteiger partial charge in [-0.1, -0.05) is 0 Å². The number of nitrogens with one attached hydrogen (secondary N) is 1. The number of furan rings is 1. The Morgan fingerprint density at radius 3 is 2.58 bits per heavy atom. The van der Waals surface area contributed by atoms with Gasteiger partial charge in [0.15, 0.2) is 0 Å². The molecule has 2 aromatic rings. The Morgan fingerprint density at radius 1 is 1.32 bits per heavy atom. The van der Waals surface area contributed by atoms with Crippen LogP contribution in [0.4, 0.5) is 5.82 Å². The molecule has 0 saturated heterocycles. The smallest absolute Gasteiger partial charge is 0.346 e. The molecule has 1 unspecified atom stereocenters. The summed E-state index contributed by atoms with van der Waals surface area (Å²) in [6, 6.07) is 3.46. The molecule has 0 saturated carbocycles. The number of nitrogens with zero attached hydrogens (tertiary/aromatic N) is 3. The highest BCUT2D eigenvalue weighted by molar-refractivity contribution is 5.33. The zero-order valence-corrected chi connectivity index (χ0v) is 11.3. The van der Waals surface area contributed by atoms with E-state index in [1.807, 2.05) is 26.0 Å². The van der Waals surface area contributed by atoms with Crippen LogP contribution >= 0.6 is 0 Å². The largest absolute Gasteiger partial charge is 0.464 e. The van der Waals surface area contributed by atoms with Crippen LogP contribution in [-0.4, -0.2) is 14.3 Å². The summed E-state index contributed by atoms with van der Waals surface area (Å²) in [5.74, 6) is 1.62. The number of rotatable bonds is 3. The molecule has 2 heterocycles. The highest BCUT2D eigenvalue weighted by Crippen LogP contribution is 2.18. The molecule has 0 amide bonds. The molecule has 0 spiro atoms. The third kappa shape index (κ3) is 2.44. The Morgan fingerprint density at radius 2 is 2.00 bits per heavy atom. The van der Waals surface area contributed by atoms with Crippen molar-refractivity contribution in [2.24, 2.45) is 14.1 Å². The van der Waals surface area contributed by atoms with Gasteiger partial charge in [-0.2, -0.15) is 0 Å². The van der Waals surface area contributed by atoms with Gasteiger partial charge in [-0.05, 0) is 26.0 Å². The summed E-state index contributed by atoms with van der Waals surface area (Å²) in [6.45, 7) is 3.70. The van der Waals surface area contributed by atoms with Crippen LogP contribution in [-0.2, 0) is 14.1 Å². The van der Waals surface area contributed by atoms with E-state index < -0.39 is 11.2 Å². The fraction of sp³-hybridized carbons (Fsp3) is 0.417. The Hall–Kier alpha value is -2.31. The van der Waals surface area contributed by atoms with E-state index in [1.165, 1.54) is 14.1 Å². The lowest BCUT2D eigenvalue weighted by atomic mass is 10.2. The van der Waals surface area contributed by atoms with Gasteiger partial charge in [-0.15, -0.1) is 5.10 Å². The van der Waals surface area contributed by atoms with Crippen molar-refractivity contribution < 1.29 is 4.42 Å². The molecule has 0 fully saturated rings. The number of anilines is 1. The summed E-state index contributed by atoms with van der Waals surface area (Å²) in [7, 11) is 2.91. The highest BCUT2D eigenvalue weighted by Gasteiger charge is 2.14. The van der Waals surface area contributed by atoms with Gasteiger partial charge in [0.25, 0.3) is 5.56 Å². The van der Waals surface area contributed by atoms with E-state index in [4.69, 9.17) is 4.42 Å². The predicted octanol–water partition coefficient (Wildman–Crippen LogP) is 0.554. The molecule has 2 rings (SSSR count). The van der Waals surface area contributed by atoms with Crippen LogP contribution in [0.5, 0.6) is 0 Å². The van der Waals surface area contributed by atoms with Crippen molar-refractivity contribution in [1.29, 1.82) is 0 Å². The Bertz CT molecular complexity index is 710. The summed E-state index contributed by atoms with van der Waals surface area (Å²) in [6.07, 6.45) is 0. The van der Waals surface area contributed by atoms with Gasteiger partial charge in [0.05, 0.1) is 6.04 Å². The average molecular weight is 264 g/mol. The number of aryl methyl sites for hydroxylation is 2. The molecule has 0 radical (unpaired) electrons. The third-order valence-electron chi connectivity index (χ3n) is 2.86. The predicted molar refractivity (Wildman–Crippen MR) is 70.2 cm³/mol. The van der Waals surface area contributed by atoms with Gasteiger partial charge in [-0.3, -0.25) is 9.36 Å². The minimum absolute atomic E-state index is 0.117. The van der Waals surface area contributed by atoms with Crippen molar-refractivity contribution >= 4 is 5.82 Å². The average Bonchev–Trinajstić information content (AvgIpc) is 2.80. The summed E-state index contributed by atoms with van der Waals surface area (Å²) in [5, 5.41) is 6.87. The van der Waals surface area contributed by atoms with E-state index in [9.17, 15) is 9.59 Å². The van der Waals surface area contributed by atoms with E-state index in [0.717, 1.165) is 15.0 Å². The van der Waals surface area contributed by atoms with Crippen molar-refractivity contribution in [2.75, 3.05) is 5.32 Å². The van der Waals surface area contributed by atoms with Gasteiger partial charge >= 0.3 is 5.69 Å². The highest BCUT2D eigenvalue weighted by atomic mass is 16.3. The number of aromatic nitrogens is 3. The van der Waals surface area contributed by atoms with Gasteiger partial charge in [0.1, 0.15) is 11.5 Å². The van der Waals surface area contributed by atoms with Gasteiger partial charge in [-0.25, -0.2) is 9.48 Å². The van der Waals surface area contributed by atoms with Crippen molar-refractivity contribution in [3.63, 3.8) is 0 Å². The number of hydrogen-bond acceptors (Lipinski definition) is 5. The van der Waals surface area contributed by atoms with E-state index >= 15 is 0 Å². The zero-order chi connectivity index (χ0) is 14.2. The van der Waals surface area contributed by atoms with Crippen molar-refractivity contribution in [1.82, 2.24) is 14.3 Å². The summed E-state index contributed by atoms with van der Waals surface area (Å²) in [4.78, 5) is 23.4. The first kappa shape index (κ1) is 13.1. The van der Waals surface area contributed by atoms with E-state index in [0.29, 0.717) is 5.76 Å². The summed E-state index contributed by atoms with van der Waals surface area (Å²) in [5.41, 5.74) is -0.921. The van der Waals surface area contributed by atoms with E-state index in [2.05, 4.69) is 10.4 Å². The zero-order valence-electron chi connectivity index (χ0n) is 11.3. The first-order valence-corrected chi connectivity index (χ1v) is 5.87. The maximum atomic E-state index is 11.9. The molecule has 0 aromatic carbocycles. The lowest BCUT2D eigenvalue weighted by molar-refractivity contribution is 0.465. The van der Waals surface area contributed by atoms with E-state index in [-0.39, 0.29) is 11.9 Å². The monoisotopic (exact) mass is 264 g/mol. The van der Waals surface area contributed by atoms with Crippen LogP contribution in [0.25, 0.3) is 0 Å². The Labute approximate surface area is 109 Å². The van der Waals surface area contributed by atoms with Crippen molar-refractivity contribution in [3.8, 4) is 0 Å². The molecule has 102 valence electrons. The summed E-state index contributed by atoms with van der Waals surface area (Å²) < 4.78 is 7.60.